The fourth-order valence-electron chi connectivity index (χ4n) is 1.52. The van der Waals surface area contributed by atoms with Crippen molar-refractivity contribution >= 4 is 0 Å². The average molecular weight is 233 g/mol. The summed E-state index contributed by atoms with van der Waals surface area (Å²) in [5, 5.41) is 9.03. The lowest BCUT2D eigenvalue weighted by Crippen LogP contribution is -2.49. The summed E-state index contributed by atoms with van der Waals surface area (Å²) in [6, 6.07) is 1.44. The molecule has 0 radical (unpaired) electrons. The normalized spacial score (nSPS) is 18.5. The predicted octanol–water partition coefficient (Wildman–Crippen LogP) is 0.672. The third-order valence-corrected chi connectivity index (χ3v) is 2.29. The maximum Gasteiger partial charge on any atom is 0.451 e. The summed E-state index contributed by atoms with van der Waals surface area (Å²) in [4.78, 5) is 8.42. The standard InChI is InChI=1S/C9H10F3N3O/c10-9(11,12)8-13-2-1-6(14-8)3-15-4-7(16)5-15/h1-2,7,16H,3-5H2. The molecule has 0 spiro atoms. The Bertz CT molecular complexity index is 377. The van der Waals surface area contributed by atoms with E-state index in [0.29, 0.717) is 25.3 Å². The first kappa shape index (κ1) is 11.3. The van der Waals surface area contributed by atoms with Crippen LogP contribution in [-0.2, 0) is 12.7 Å². The van der Waals surface area contributed by atoms with Crippen LogP contribution in [0.15, 0.2) is 12.3 Å². The van der Waals surface area contributed by atoms with Gasteiger partial charge < -0.3 is 5.11 Å². The third-order valence-electron chi connectivity index (χ3n) is 2.29. The number of alkyl halides is 3. The number of aliphatic hydroxyl groups is 1. The fourth-order valence-corrected chi connectivity index (χ4v) is 1.52. The summed E-state index contributed by atoms with van der Waals surface area (Å²) in [5.74, 6) is -1.12. The Hall–Kier alpha value is -1.21. The minimum absolute atomic E-state index is 0.308. The highest BCUT2D eigenvalue weighted by molar-refractivity contribution is 5.05. The zero-order valence-corrected chi connectivity index (χ0v) is 8.28. The van der Waals surface area contributed by atoms with Crippen LogP contribution >= 0.6 is 0 Å². The molecular weight excluding hydrogens is 223 g/mol. The van der Waals surface area contributed by atoms with E-state index in [4.69, 9.17) is 5.11 Å². The molecule has 2 rings (SSSR count). The van der Waals surface area contributed by atoms with Crippen molar-refractivity contribution in [1.29, 1.82) is 0 Å². The molecule has 0 unspecified atom stereocenters. The van der Waals surface area contributed by atoms with Crippen LogP contribution in [0.5, 0.6) is 0 Å². The molecule has 1 aromatic heterocycles. The second-order valence-corrected chi connectivity index (χ2v) is 3.72. The highest BCUT2D eigenvalue weighted by atomic mass is 19.4. The molecule has 1 saturated heterocycles. The highest BCUT2D eigenvalue weighted by Crippen LogP contribution is 2.25. The molecule has 1 N–H and O–H groups in total. The largest absolute Gasteiger partial charge is 0.451 e. The molecule has 0 aromatic carbocycles. The maximum absolute atomic E-state index is 12.3. The van der Waals surface area contributed by atoms with E-state index in [9.17, 15) is 13.2 Å². The van der Waals surface area contributed by atoms with Gasteiger partial charge in [0.25, 0.3) is 0 Å². The number of likely N-dealkylation sites (tertiary alicyclic amines) is 1. The zero-order chi connectivity index (χ0) is 11.8. The molecule has 0 atom stereocenters. The van der Waals surface area contributed by atoms with E-state index in [2.05, 4.69) is 9.97 Å². The van der Waals surface area contributed by atoms with Crippen LogP contribution in [0.1, 0.15) is 11.5 Å². The Balaban J connectivity index is 2.05. The first-order valence-corrected chi connectivity index (χ1v) is 4.74. The van der Waals surface area contributed by atoms with E-state index in [1.54, 1.807) is 0 Å². The number of aromatic nitrogens is 2. The molecule has 7 heteroatoms. The maximum atomic E-state index is 12.3. The number of rotatable bonds is 2. The molecule has 1 aliphatic rings. The molecule has 4 nitrogen and oxygen atoms in total. The van der Waals surface area contributed by atoms with Crippen molar-refractivity contribution in [3.05, 3.63) is 23.8 Å². The summed E-state index contributed by atoms with van der Waals surface area (Å²) in [6.45, 7) is 1.26. The lowest BCUT2D eigenvalue weighted by atomic mass is 10.1. The van der Waals surface area contributed by atoms with Gasteiger partial charge in [0, 0.05) is 25.8 Å². The van der Waals surface area contributed by atoms with Crippen molar-refractivity contribution < 1.29 is 18.3 Å². The Morgan fingerprint density at radius 3 is 2.69 bits per heavy atom. The van der Waals surface area contributed by atoms with Gasteiger partial charge in [0.2, 0.25) is 5.82 Å². The smallest absolute Gasteiger partial charge is 0.390 e. The first-order chi connectivity index (χ1) is 7.45. The van der Waals surface area contributed by atoms with Crippen LogP contribution in [0.25, 0.3) is 0 Å². The van der Waals surface area contributed by atoms with E-state index in [1.165, 1.54) is 6.07 Å². The average Bonchev–Trinajstić information content (AvgIpc) is 2.14. The summed E-state index contributed by atoms with van der Waals surface area (Å²) >= 11 is 0. The predicted molar refractivity (Wildman–Crippen MR) is 48.3 cm³/mol. The van der Waals surface area contributed by atoms with Gasteiger partial charge in [-0.05, 0) is 6.07 Å². The second-order valence-electron chi connectivity index (χ2n) is 3.72. The summed E-state index contributed by atoms with van der Waals surface area (Å²) in [7, 11) is 0. The minimum atomic E-state index is -4.51. The molecule has 1 fully saturated rings. The second kappa shape index (κ2) is 3.99. The van der Waals surface area contributed by atoms with E-state index in [-0.39, 0.29) is 6.10 Å². The van der Waals surface area contributed by atoms with Crippen molar-refractivity contribution in [3.8, 4) is 0 Å². The number of nitrogens with zero attached hydrogens (tertiary/aromatic N) is 3. The molecule has 0 amide bonds. The molecule has 88 valence electrons. The molecule has 0 aliphatic carbocycles. The van der Waals surface area contributed by atoms with Gasteiger partial charge in [-0.2, -0.15) is 13.2 Å². The third kappa shape index (κ3) is 2.48. The topological polar surface area (TPSA) is 49.2 Å². The van der Waals surface area contributed by atoms with Crippen molar-refractivity contribution in [2.45, 2.75) is 18.8 Å². The van der Waals surface area contributed by atoms with E-state index >= 15 is 0 Å². The van der Waals surface area contributed by atoms with E-state index in [0.717, 1.165) is 6.20 Å². The van der Waals surface area contributed by atoms with Crippen LogP contribution in [0, 0.1) is 0 Å². The van der Waals surface area contributed by atoms with Gasteiger partial charge >= 0.3 is 6.18 Å². The summed E-state index contributed by atoms with van der Waals surface area (Å²) in [6.07, 6.45) is -3.78. The number of aliphatic hydroxyl groups excluding tert-OH is 1. The van der Waals surface area contributed by atoms with Crippen LogP contribution in [0.2, 0.25) is 0 Å². The van der Waals surface area contributed by atoms with Crippen molar-refractivity contribution in [3.63, 3.8) is 0 Å². The van der Waals surface area contributed by atoms with Gasteiger partial charge in [-0.3, -0.25) is 4.90 Å². The van der Waals surface area contributed by atoms with Gasteiger partial charge in [-0.1, -0.05) is 0 Å². The molecule has 0 saturated carbocycles. The van der Waals surface area contributed by atoms with Crippen molar-refractivity contribution in [2.75, 3.05) is 13.1 Å². The van der Waals surface area contributed by atoms with Gasteiger partial charge in [-0.15, -0.1) is 0 Å². The van der Waals surface area contributed by atoms with Gasteiger partial charge in [0.05, 0.1) is 11.8 Å². The van der Waals surface area contributed by atoms with Gasteiger partial charge in [0.1, 0.15) is 0 Å². The van der Waals surface area contributed by atoms with Crippen LogP contribution in [-0.4, -0.2) is 39.2 Å². The Morgan fingerprint density at radius 1 is 1.44 bits per heavy atom. The number of halogens is 3. The highest BCUT2D eigenvalue weighted by Gasteiger charge is 2.35. The lowest BCUT2D eigenvalue weighted by molar-refractivity contribution is -0.145. The number of hydrogen-bond acceptors (Lipinski definition) is 4. The van der Waals surface area contributed by atoms with Crippen LogP contribution < -0.4 is 0 Å². The lowest BCUT2D eigenvalue weighted by Gasteiger charge is -2.35. The molecule has 2 heterocycles. The quantitative estimate of drug-likeness (QED) is 0.815. The Labute approximate surface area is 89.7 Å². The Kier molecular flexibility index (Phi) is 2.81. The SMILES string of the molecule is OC1CN(Cc2ccnc(C(F)(F)F)n2)C1. The fraction of sp³-hybridized carbons (Fsp3) is 0.556. The van der Waals surface area contributed by atoms with Crippen molar-refractivity contribution in [1.82, 2.24) is 14.9 Å². The van der Waals surface area contributed by atoms with Crippen LogP contribution in [0.4, 0.5) is 13.2 Å². The van der Waals surface area contributed by atoms with Gasteiger partial charge in [0.15, 0.2) is 0 Å². The number of β-amino-alcohol motifs (C(OH)–C–C–N with tert-alkyl or cyclic N) is 1. The molecule has 1 aromatic rings. The molecule has 0 bridgehead atoms. The zero-order valence-electron chi connectivity index (χ0n) is 8.28. The summed E-state index contributed by atoms with van der Waals surface area (Å²) in [5.41, 5.74) is 0.314. The molecular formula is C9H10F3N3O. The molecule has 16 heavy (non-hydrogen) atoms. The van der Waals surface area contributed by atoms with E-state index < -0.39 is 12.0 Å². The van der Waals surface area contributed by atoms with Crippen molar-refractivity contribution in [2.24, 2.45) is 0 Å². The van der Waals surface area contributed by atoms with Gasteiger partial charge in [-0.25, -0.2) is 9.97 Å². The minimum Gasteiger partial charge on any atom is -0.390 e. The van der Waals surface area contributed by atoms with E-state index in [1.807, 2.05) is 4.90 Å². The summed E-state index contributed by atoms with van der Waals surface area (Å²) < 4.78 is 36.9. The number of hydrogen-bond donors (Lipinski definition) is 1. The molecule has 1 aliphatic heterocycles. The Morgan fingerprint density at radius 2 is 2.12 bits per heavy atom. The van der Waals surface area contributed by atoms with Crippen LogP contribution in [0.3, 0.4) is 0 Å². The first-order valence-electron chi connectivity index (χ1n) is 4.74. The monoisotopic (exact) mass is 233 g/mol.